The molecule has 0 amide bonds. The largest absolute Gasteiger partial charge is 0.409 e. The first-order valence-corrected chi connectivity index (χ1v) is 6.74. The molecule has 0 aliphatic rings. The second kappa shape index (κ2) is 5.36. The van der Waals surface area contributed by atoms with Crippen LogP contribution in [0.2, 0.25) is 0 Å². The molecule has 0 aliphatic heterocycles. The van der Waals surface area contributed by atoms with Crippen molar-refractivity contribution in [3.05, 3.63) is 11.5 Å². The molecule has 0 bridgehead atoms. The van der Waals surface area contributed by atoms with Gasteiger partial charge in [0.15, 0.2) is 11.6 Å². The van der Waals surface area contributed by atoms with Crippen molar-refractivity contribution in [3.63, 3.8) is 0 Å². The molecule has 102 valence electrons. The van der Waals surface area contributed by atoms with E-state index in [4.69, 9.17) is 15.5 Å². The maximum absolute atomic E-state index is 12.1. The first kappa shape index (κ1) is 14.5. The van der Waals surface area contributed by atoms with E-state index in [0.29, 0.717) is 6.42 Å². The Labute approximate surface area is 105 Å². The van der Waals surface area contributed by atoms with Crippen LogP contribution in [-0.2, 0) is 10.0 Å². The number of oxime groups is 1. The maximum Gasteiger partial charge on any atom is 0.246 e. The molecule has 0 saturated carbocycles. The summed E-state index contributed by atoms with van der Waals surface area (Å²) in [6.45, 7) is 4.73. The first-order valence-electron chi connectivity index (χ1n) is 5.26. The Kier molecular flexibility index (Phi) is 4.30. The number of rotatable bonds is 5. The summed E-state index contributed by atoms with van der Waals surface area (Å²) in [6.07, 6.45) is 0.346. The molecule has 0 fully saturated rings. The smallest absolute Gasteiger partial charge is 0.246 e. The molecule has 9 heteroatoms. The zero-order valence-electron chi connectivity index (χ0n) is 10.3. The van der Waals surface area contributed by atoms with Crippen molar-refractivity contribution in [2.45, 2.75) is 38.1 Å². The standard InChI is InChI=1S/C9H16N4O4S/c1-4-7(9(10)11-14)13-18(15,16)8-5(2)12-17-6(8)3/h7,13-14H,4H2,1-3H3,(H2,10,11). The maximum atomic E-state index is 12.1. The third kappa shape index (κ3) is 2.79. The Hall–Kier alpha value is -1.61. The molecule has 0 spiro atoms. The second-order valence-corrected chi connectivity index (χ2v) is 5.41. The predicted molar refractivity (Wildman–Crippen MR) is 63.8 cm³/mol. The van der Waals surface area contributed by atoms with Crippen molar-refractivity contribution in [1.29, 1.82) is 0 Å². The van der Waals surface area contributed by atoms with Gasteiger partial charge in [-0.05, 0) is 20.3 Å². The number of amidine groups is 1. The highest BCUT2D eigenvalue weighted by molar-refractivity contribution is 7.89. The summed E-state index contributed by atoms with van der Waals surface area (Å²) in [5, 5.41) is 14.9. The number of nitrogens with zero attached hydrogens (tertiary/aromatic N) is 2. The van der Waals surface area contributed by atoms with Crippen LogP contribution in [0.25, 0.3) is 0 Å². The number of sulfonamides is 1. The van der Waals surface area contributed by atoms with E-state index in [-0.39, 0.29) is 22.2 Å². The molecular weight excluding hydrogens is 260 g/mol. The average Bonchev–Trinajstić information content (AvgIpc) is 2.65. The van der Waals surface area contributed by atoms with Gasteiger partial charge in [0.25, 0.3) is 0 Å². The van der Waals surface area contributed by atoms with Crippen molar-refractivity contribution >= 4 is 15.9 Å². The number of nitrogens with one attached hydrogen (secondary N) is 1. The lowest BCUT2D eigenvalue weighted by Crippen LogP contribution is -2.44. The molecule has 0 aliphatic carbocycles. The minimum atomic E-state index is -3.82. The Morgan fingerprint density at radius 1 is 1.61 bits per heavy atom. The third-order valence-corrected chi connectivity index (χ3v) is 4.13. The van der Waals surface area contributed by atoms with Crippen LogP contribution in [0.3, 0.4) is 0 Å². The van der Waals surface area contributed by atoms with Gasteiger partial charge in [-0.15, -0.1) is 0 Å². The number of hydrogen-bond donors (Lipinski definition) is 3. The molecule has 1 unspecified atom stereocenters. The fourth-order valence-electron chi connectivity index (χ4n) is 1.53. The van der Waals surface area contributed by atoms with Gasteiger partial charge in [0.05, 0.1) is 6.04 Å². The van der Waals surface area contributed by atoms with Crippen molar-refractivity contribution in [2.24, 2.45) is 10.9 Å². The summed E-state index contributed by atoms with van der Waals surface area (Å²) in [5.41, 5.74) is 5.66. The number of aryl methyl sites for hydroxylation is 2. The highest BCUT2D eigenvalue weighted by Gasteiger charge is 2.27. The summed E-state index contributed by atoms with van der Waals surface area (Å²) in [7, 11) is -3.82. The molecule has 4 N–H and O–H groups in total. The Balaban J connectivity index is 3.09. The summed E-state index contributed by atoms with van der Waals surface area (Å²) in [4.78, 5) is -0.0216. The van der Waals surface area contributed by atoms with Crippen LogP contribution in [-0.4, -0.2) is 30.7 Å². The molecular formula is C9H16N4O4S. The average molecular weight is 276 g/mol. The molecule has 1 atom stereocenters. The van der Waals surface area contributed by atoms with E-state index in [0.717, 1.165) is 0 Å². The minimum absolute atomic E-state index is 0.0216. The highest BCUT2D eigenvalue weighted by atomic mass is 32.2. The van der Waals surface area contributed by atoms with Gasteiger partial charge in [0.2, 0.25) is 10.0 Å². The van der Waals surface area contributed by atoms with Crippen LogP contribution >= 0.6 is 0 Å². The van der Waals surface area contributed by atoms with E-state index in [1.165, 1.54) is 13.8 Å². The van der Waals surface area contributed by atoms with E-state index in [2.05, 4.69) is 15.0 Å². The normalized spacial score (nSPS) is 14.7. The number of aromatic nitrogens is 1. The van der Waals surface area contributed by atoms with Gasteiger partial charge in [-0.3, -0.25) is 0 Å². The van der Waals surface area contributed by atoms with Gasteiger partial charge in [-0.25, -0.2) is 13.1 Å². The van der Waals surface area contributed by atoms with Gasteiger partial charge >= 0.3 is 0 Å². The molecule has 1 rings (SSSR count). The predicted octanol–water partition coefficient (Wildman–Crippen LogP) is 0.0947. The fraction of sp³-hybridized carbons (Fsp3) is 0.556. The van der Waals surface area contributed by atoms with Crippen LogP contribution in [0.5, 0.6) is 0 Å². The lowest BCUT2D eigenvalue weighted by molar-refractivity contribution is 0.315. The van der Waals surface area contributed by atoms with E-state index >= 15 is 0 Å². The number of hydrogen-bond acceptors (Lipinski definition) is 6. The summed E-state index contributed by atoms with van der Waals surface area (Å²) in [5.74, 6) is -0.0119. The molecule has 0 saturated heterocycles. The van der Waals surface area contributed by atoms with Crippen molar-refractivity contribution in [2.75, 3.05) is 0 Å². The van der Waals surface area contributed by atoms with Crippen LogP contribution in [0, 0.1) is 13.8 Å². The fourth-order valence-corrected chi connectivity index (χ4v) is 3.15. The molecule has 0 aromatic carbocycles. The van der Waals surface area contributed by atoms with Gasteiger partial charge in [-0.1, -0.05) is 17.2 Å². The van der Waals surface area contributed by atoms with Crippen molar-refractivity contribution in [3.8, 4) is 0 Å². The van der Waals surface area contributed by atoms with Crippen LogP contribution in [0.4, 0.5) is 0 Å². The lowest BCUT2D eigenvalue weighted by Gasteiger charge is -2.15. The number of nitrogens with two attached hydrogens (primary N) is 1. The minimum Gasteiger partial charge on any atom is -0.409 e. The van der Waals surface area contributed by atoms with E-state index in [1.807, 2.05) is 0 Å². The van der Waals surface area contributed by atoms with E-state index in [1.54, 1.807) is 6.92 Å². The lowest BCUT2D eigenvalue weighted by atomic mass is 10.2. The summed E-state index contributed by atoms with van der Waals surface area (Å²) in [6, 6.07) is -0.784. The summed E-state index contributed by atoms with van der Waals surface area (Å²) < 4.78 is 31.4. The molecule has 1 aromatic heterocycles. The van der Waals surface area contributed by atoms with Crippen molar-refractivity contribution < 1.29 is 18.1 Å². The van der Waals surface area contributed by atoms with Crippen molar-refractivity contribution in [1.82, 2.24) is 9.88 Å². The van der Waals surface area contributed by atoms with E-state index in [9.17, 15) is 8.42 Å². The zero-order chi connectivity index (χ0) is 13.9. The Bertz CT molecular complexity index is 529. The molecule has 0 radical (unpaired) electrons. The third-order valence-electron chi connectivity index (χ3n) is 2.41. The Morgan fingerprint density at radius 3 is 2.61 bits per heavy atom. The van der Waals surface area contributed by atoms with Crippen LogP contribution in [0.15, 0.2) is 14.6 Å². The molecule has 18 heavy (non-hydrogen) atoms. The van der Waals surface area contributed by atoms with Gasteiger partial charge in [-0.2, -0.15) is 0 Å². The molecule has 1 aromatic rings. The quantitative estimate of drug-likeness (QED) is 0.302. The highest BCUT2D eigenvalue weighted by Crippen LogP contribution is 2.19. The second-order valence-electron chi connectivity index (χ2n) is 3.76. The molecule has 1 heterocycles. The summed E-state index contributed by atoms with van der Waals surface area (Å²) >= 11 is 0. The van der Waals surface area contributed by atoms with Crippen LogP contribution < -0.4 is 10.5 Å². The Morgan fingerprint density at radius 2 is 2.22 bits per heavy atom. The van der Waals surface area contributed by atoms with E-state index < -0.39 is 16.1 Å². The van der Waals surface area contributed by atoms with Gasteiger partial charge in [0.1, 0.15) is 10.6 Å². The monoisotopic (exact) mass is 276 g/mol. The van der Waals surface area contributed by atoms with Gasteiger partial charge in [0, 0.05) is 0 Å². The first-order chi connectivity index (χ1) is 8.33. The van der Waals surface area contributed by atoms with Crippen LogP contribution in [0.1, 0.15) is 24.8 Å². The topological polar surface area (TPSA) is 131 Å². The van der Waals surface area contributed by atoms with Gasteiger partial charge < -0.3 is 15.5 Å². The SMILES string of the molecule is CCC(NS(=O)(=O)c1c(C)noc1C)/C(N)=N/O. The molecule has 8 nitrogen and oxygen atoms in total. The zero-order valence-corrected chi connectivity index (χ0v) is 11.2.